The van der Waals surface area contributed by atoms with Gasteiger partial charge in [-0.2, -0.15) is 0 Å². The fraction of sp³-hybridized carbons (Fsp3) is 0.400. The third kappa shape index (κ3) is 5.01. The van der Waals surface area contributed by atoms with Gasteiger partial charge in [-0.25, -0.2) is 9.79 Å². The van der Waals surface area contributed by atoms with Gasteiger partial charge in [-0.1, -0.05) is 48.9 Å². The molecule has 0 saturated carbocycles. The molecule has 0 aromatic heterocycles. The van der Waals surface area contributed by atoms with Gasteiger partial charge in [-0.05, 0) is 43.7 Å². The largest absolute Gasteiger partial charge is 0.324 e. The van der Waals surface area contributed by atoms with Gasteiger partial charge in [0, 0.05) is 37.2 Å². The molecular weight excluding hydrogens is 404 g/mol. The molecule has 31 heavy (non-hydrogen) atoms. The number of anilines is 1. The number of carbonyl (C=O) groups excluding carboxylic acids is 1. The zero-order valence-corrected chi connectivity index (χ0v) is 19.3. The zero-order chi connectivity index (χ0) is 21.8. The van der Waals surface area contributed by atoms with Gasteiger partial charge in [-0.3, -0.25) is 4.99 Å². The highest BCUT2D eigenvalue weighted by atomic mass is 32.2. The molecule has 162 valence electrons. The maximum absolute atomic E-state index is 12.7. The second-order valence-electron chi connectivity index (χ2n) is 8.36. The highest BCUT2D eigenvalue weighted by Gasteiger charge is 2.40. The number of carbonyl (C=O) groups is 1. The van der Waals surface area contributed by atoms with Crippen LogP contribution < -0.4 is 5.32 Å². The van der Waals surface area contributed by atoms with E-state index in [1.165, 1.54) is 5.56 Å². The molecule has 0 aliphatic carbocycles. The Balaban J connectivity index is 1.47. The number of hydrogen-bond donors (Lipinski definition) is 1. The summed E-state index contributed by atoms with van der Waals surface area (Å²) in [6.07, 6.45) is 2.60. The Morgan fingerprint density at radius 1 is 1.06 bits per heavy atom. The van der Waals surface area contributed by atoms with E-state index in [0.717, 1.165) is 52.6 Å². The van der Waals surface area contributed by atoms with Crippen molar-refractivity contribution in [3.05, 3.63) is 65.2 Å². The van der Waals surface area contributed by atoms with Crippen molar-refractivity contribution >= 4 is 34.2 Å². The van der Waals surface area contributed by atoms with E-state index in [1.54, 1.807) is 11.8 Å². The quantitative estimate of drug-likeness (QED) is 0.674. The van der Waals surface area contributed by atoms with E-state index in [2.05, 4.69) is 43.4 Å². The van der Waals surface area contributed by atoms with E-state index in [1.807, 2.05) is 36.1 Å². The minimum absolute atomic E-state index is 0.0502. The Hall–Kier alpha value is -2.60. The third-order valence-electron chi connectivity index (χ3n) is 5.72. The molecule has 2 aliphatic heterocycles. The summed E-state index contributed by atoms with van der Waals surface area (Å²) in [6, 6.07) is 16.4. The number of hydrogen-bond acceptors (Lipinski definition) is 4. The van der Waals surface area contributed by atoms with Crippen LogP contribution in [0.5, 0.6) is 0 Å². The molecule has 2 aromatic carbocycles. The summed E-state index contributed by atoms with van der Waals surface area (Å²) in [6.45, 7) is 7.61. The zero-order valence-electron chi connectivity index (χ0n) is 18.5. The van der Waals surface area contributed by atoms with E-state index in [4.69, 9.17) is 9.98 Å². The smallest absolute Gasteiger partial charge is 0.321 e. The number of rotatable bonds is 4. The molecule has 0 bridgehead atoms. The molecule has 2 heterocycles. The first-order valence-corrected chi connectivity index (χ1v) is 12.0. The summed E-state index contributed by atoms with van der Waals surface area (Å²) in [5.41, 5.74) is 4.91. The van der Waals surface area contributed by atoms with Crippen LogP contribution in [0.4, 0.5) is 10.5 Å². The first-order valence-electron chi connectivity index (χ1n) is 11.0. The topological polar surface area (TPSA) is 57.1 Å². The third-order valence-corrected chi connectivity index (χ3v) is 6.89. The molecule has 2 aromatic rings. The molecule has 4 rings (SSSR count). The lowest BCUT2D eigenvalue weighted by Gasteiger charge is -2.35. The summed E-state index contributed by atoms with van der Waals surface area (Å²) in [4.78, 5) is 24.9. The normalized spacial score (nSPS) is 17.5. The molecule has 1 saturated heterocycles. The minimum atomic E-state index is -0.434. The number of benzene rings is 2. The molecule has 1 fully saturated rings. The minimum Gasteiger partial charge on any atom is -0.324 e. The van der Waals surface area contributed by atoms with Crippen LogP contribution in [0, 0.1) is 13.8 Å². The average molecular weight is 435 g/mol. The SMILES string of the molecule is CCCSC1=NC2(CCN(C(=O)Nc3cccc(C)c3)CC2)N=C1c1ccc(C)cc1. The number of aryl methyl sites for hydroxylation is 2. The number of piperidine rings is 1. The standard InChI is InChI=1S/C25H30N4OS/c1-4-16-31-23-22(20-10-8-18(2)9-11-20)27-25(28-23)12-14-29(15-13-25)24(30)26-21-7-5-6-19(3)17-21/h5-11,17H,4,12-16H2,1-3H3,(H,26,30). The predicted molar refractivity (Wildman–Crippen MR) is 132 cm³/mol. The number of aliphatic imine (C=N–C) groups is 2. The van der Waals surface area contributed by atoms with Gasteiger partial charge in [0.1, 0.15) is 5.04 Å². The van der Waals surface area contributed by atoms with Gasteiger partial charge in [0.25, 0.3) is 0 Å². The lowest BCUT2D eigenvalue weighted by molar-refractivity contribution is 0.175. The van der Waals surface area contributed by atoms with Crippen LogP contribution in [0.2, 0.25) is 0 Å². The van der Waals surface area contributed by atoms with Crippen LogP contribution in [0.3, 0.4) is 0 Å². The number of nitrogens with zero attached hydrogens (tertiary/aromatic N) is 3. The number of amides is 2. The Labute approximate surface area is 189 Å². The van der Waals surface area contributed by atoms with Crippen LogP contribution in [-0.4, -0.2) is 46.2 Å². The Kier molecular flexibility index (Phi) is 6.46. The van der Waals surface area contributed by atoms with E-state index >= 15 is 0 Å². The van der Waals surface area contributed by atoms with Crippen LogP contribution in [0.15, 0.2) is 58.5 Å². The first kappa shape index (κ1) is 21.6. The summed E-state index contributed by atoms with van der Waals surface area (Å²) < 4.78 is 0. The van der Waals surface area contributed by atoms with Gasteiger partial charge in [0.15, 0.2) is 5.66 Å². The summed E-state index contributed by atoms with van der Waals surface area (Å²) in [7, 11) is 0. The monoisotopic (exact) mass is 434 g/mol. The first-order chi connectivity index (χ1) is 15.0. The molecule has 2 aliphatic rings. The van der Waals surface area contributed by atoms with Crippen LogP contribution in [-0.2, 0) is 0 Å². The second-order valence-corrected chi connectivity index (χ2v) is 9.44. The van der Waals surface area contributed by atoms with Gasteiger partial charge in [-0.15, -0.1) is 11.8 Å². The fourth-order valence-electron chi connectivity index (χ4n) is 3.94. The lowest BCUT2D eigenvalue weighted by Crippen LogP contribution is -2.46. The molecule has 1 spiro atoms. The fourth-order valence-corrected chi connectivity index (χ4v) is 4.87. The summed E-state index contributed by atoms with van der Waals surface area (Å²) >= 11 is 1.80. The van der Waals surface area contributed by atoms with Crippen molar-refractivity contribution in [3.8, 4) is 0 Å². The van der Waals surface area contributed by atoms with Crippen molar-refractivity contribution in [1.82, 2.24) is 4.90 Å². The van der Waals surface area contributed by atoms with Gasteiger partial charge < -0.3 is 10.2 Å². The lowest BCUT2D eigenvalue weighted by atomic mass is 9.98. The van der Waals surface area contributed by atoms with Crippen LogP contribution in [0.25, 0.3) is 0 Å². The maximum Gasteiger partial charge on any atom is 0.321 e. The van der Waals surface area contributed by atoms with Crippen molar-refractivity contribution in [1.29, 1.82) is 0 Å². The van der Waals surface area contributed by atoms with Gasteiger partial charge >= 0.3 is 6.03 Å². The number of thioether (sulfide) groups is 1. The molecule has 2 amide bonds. The van der Waals surface area contributed by atoms with Crippen LogP contribution in [0.1, 0.15) is 42.9 Å². The molecule has 0 radical (unpaired) electrons. The number of nitrogens with one attached hydrogen (secondary N) is 1. The molecule has 0 unspecified atom stereocenters. The number of urea groups is 1. The highest BCUT2D eigenvalue weighted by Crippen LogP contribution is 2.36. The maximum atomic E-state index is 12.7. The van der Waals surface area contributed by atoms with Crippen LogP contribution >= 0.6 is 11.8 Å². The van der Waals surface area contributed by atoms with E-state index in [0.29, 0.717) is 13.1 Å². The number of likely N-dealkylation sites (tertiary alicyclic amines) is 1. The molecule has 0 atom stereocenters. The summed E-state index contributed by atoms with van der Waals surface area (Å²) in [5.74, 6) is 1.03. The molecule has 1 N–H and O–H groups in total. The highest BCUT2D eigenvalue weighted by molar-refractivity contribution is 8.15. The molecule has 5 nitrogen and oxygen atoms in total. The Bertz CT molecular complexity index is 1000. The van der Waals surface area contributed by atoms with Crippen molar-refractivity contribution in [2.75, 3.05) is 24.2 Å². The van der Waals surface area contributed by atoms with Gasteiger partial charge in [0.2, 0.25) is 0 Å². The average Bonchev–Trinajstić information content (AvgIpc) is 3.11. The molecular formula is C25H30N4OS. The summed E-state index contributed by atoms with van der Waals surface area (Å²) in [5, 5.41) is 4.06. The van der Waals surface area contributed by atoms with E-state index in [-0.39, 0.29) is 6.03 Å². The predicted octanol–water partition coefficient (Wildman–Crippen LogP) is 5.67. The van der Waals surface area contributed by atoms with Crippen molar-refractivity contribution in [3.63, 3.8) is 0 Å². The molecule has 6 heteroatoms. The van der Waals surface area contributed by atoms with E-state index < -0.39 is 5.66 Å². The van der Waals surface area contributed by atoms with Gasteiger partial charge in [0.05, 0.1) is 5.71 Å². The van der Waals surface area contributed by atoms with Crippen molar-refractivity contribution in [2.45, 2.75) is 45.7 Å². The second kappa shape index (κ2) is 9.27. The van der Waals surface area contributed by atoms with Crippen molar-refractivity contribution in [2.24, 2.45) is 9.98 Å². The van der Waals surface area contributed by atoms with E-state index in [9.17, 15) is 4.79 Å². The van der Waals surface area contributed by atoms with Crippen molar-refractivity contribution < 1.29 is 4.79 Å². The Morgan fingerprint density at radius 3 is 2.48 bits per heavy atom. The Morgan fingerprint density at radius 2 is 1.81 bits per heavy atom.